The Morgan fingerprint density at radius 2 is 1.59 bits per heavy atom. The zero-order valence-corrected chi connectivity index (χ0v) is 18.1. The number of hydrogen-bond donors (Lipinski definition) is 0. The fraction of sp³-hybridized carbons (Fsp3) is 0.133. The molecule has 2 aromatic carbocycles. The molecule has 1 heterocycles. The van der Waals surface area contributed by atoms with Gasteiger partial charge in [0.1, 0.15) is 0 Å². The second-order valence-corrected chi connectivity index (χ2v) is 8.26. The van der Waals surface area contributed by atoms with E-state index in [0.29, 0.717) is 0 Å². The van der Waals surface area contributed by atoms with E-state index in [2.05, 4.69) is 104 Å². The van der Waals surface area contributed by atoms with Crippen molar-refractivity contribution in [1.82, 2.24) is 9.97 Å². The van der Waals surface area contributed by atoms with Gasteiger partial charge in [0.2, 0.25) is 0 Å². The predicted octanol–water partition coefficient (Wildman–Crippen LogP) is 7.70. The van der Waals surface area contributed by atoms with Crippen LogP contribution >= 0.6 is 0 Å². The van der Waals surface area contributed by atoms with Crippen LogP contribution in [0.3, 0.4) is 0 Å². The molecule has 32 heavy (non-hydrogen) atoms. The third kappa shape index (κ3) is 4.31. The van der Waals surface area contributed by atoms with Gasteiger partial charge in [0.25, 0.3) is 0 Å². The van der Waals surface area contributed by atoms with Crippen LogP contribution in [0.1, 0.15) is 36.4 Å². The van der Waals surface area contributed by atoms with Crippen molar-refractivity contribution >= 4 is 5.57 Å². The normalized spacial score (nSPS) is 17.8. The molecule has 1 aromatic heterocycles. The summed E-state index contributed by atoms with van der Waals surface area (Å²) in [5.74, 6) is 1.01. The maximum absolute atomic E-state index is 4.97. The van der Waals surface area contributed by atoms with Gasteiger partial charge >= 0.3 is 0 Å². The summed E-state index contributed by atoms with van der Waals surface area (Å²) in [6, 6.07) is 21.1. The average Bonchev–Trinajstić information content (AvgIpc) is 3.09. The molecule has 0 saturated heterocycles. The molecule has 0 N–H and O–H groups in total. The summed E-state index contributed by atoms with van der Waals surface area (Å²) in [5.41, 5.74) is 7.82. The van der Waals surface area contributed by atoms with Crippen LogP contribution in [0.5, 0.6) is 0 Å². The van der Waals surface area contributed by atoms with Crippen LogP contribution in [-0.2, 0) is 0 Å². The lowest BCUT2D eigenvalue weighted by molar-refractivity contribution is 0.959. The molecule has 1 unspecified atom stereocenters. The number of allylic oxidation sites excluding steroid dienone is 9. The first-order valence-electron chi connectivity index (χ1n) is 11.2. The van der Waals surface area contributed by atoms with Gasteiger partial charge in [0.05, 0.1) is 11.4 Å². The van der Waals surface area contributed by atoms with Crippen LogP contribution < -0.4 is 0 Å². The van der Waals surface area contributed by atoms with Crippen molar-refractivity contribution in [2.45, 2.75) is 25.2 Å². The Labute approximate surface area is 190 Å². The molecule has 3 aromatic rings. The van der Waals surface area contributed by atoms with Gasteiger partial charge in [-0.2, -0.15) is 0 Å². The number of aromatic nitrogens is 2. The Balaban J connectivity index is 1.54. The summed E-state index contributed by atoms with van der Waals surface area (Å²) >= 11 is 0. The number of hydrogen-bond acceptors (Lipinski definition) is 2. The van der Waals surface area contributed by atoms with E-state index in [1.54, 1.807) is 0 Å². The Morgan fingerprint density at radius 1 is 0.781 bits per heavy atom. The van der Waals surface area contributed by atoms with Crippen molar-refractivity contribution in [3.8, 4) is 22.6 Å². The Morgan fingerprint density at radius 3 is 2.38 bits per heavy atom. The van der Waals surface area contributed by atoms with Gasteiger partial charge in [-0.3, -0.25) is 0 Å². The second-order valence-electron chi connectivity index (χ2n) is 8.26. The molecule has 0 bridgehead atoms. The largest absolute Gasteiger partial charge is 0.228 e. The molecular weight excluding hydrogens is 388 g/mol. The zero-order valence-electron chi connectivity index (χ0n) is 18.1. The fourth-order valence-electron chi connectivity index (χ4n) is 4.24. The summed E-state index contributed by atoms with van der Waals surface area (Å²) in [5, 5.41) is 0. The molecular formula is C30H26N2. The van der Waals surface area contributed by atoms with E-state index in [0.717, 1.165) is 47.6 Å². The Hall–Kier alpha value is -3.78. The van der Waals surface area contributed by atoms with Crippen molar-refractivity contribution in [3.63, 3.8) is 0 Å². The molecule has 0 aliphatic heterocycles. The van der Waals surface area contributed by atoms with Crippen LogP contribution in [0, 0.1) is 0 Å². The first-order valence-corrected chi connectivity index (χ1v) is 11.2. The van der Waals surface area contributed by atoms with Gasteiger partial charge < -0.3 is 0 Å². The highest BCUT2D eigenvalue weighted by atomic mass is 14.9. The van der Waals surface area contributed by atoms with Gasteiger partial charge in [-0.1, -0.05) is 109 Å². The third-order valence-electron chi connectivity index (χ3n) is 6.04. The van der Waals surface area contributed by atoms with Gasteiger partial charge in [-0.25, -0.2) is 9.97 Å². The summed E-state index contributed by atoms with van der Waals surface area (Å²) in [6.45, 7) is 4.28. The maximum atomic E-state index is 4.97. The van der Waals surface area contributed by atoms with Crippen LogP contribution in [0.15, 0.2) is 115 Å². The van der Waals surface area contributed by atoms with E-state index in [9.17, 15) is 0 Å². The molecule has 0 amide bonds. The van der Waals surface area contributed by atoms with Crippen molar-refractivity contribution in [2.24, 2.45) is 0 Å². The van der Waals surface area contributed by atoms with E-state index in [4.69, 9.17) is 9.97 Å². The minimum absolute atomic E-state index is 0.241. The zero-order chi connectivity index (χ0) is 21.8. The van der Waals surface area contributed by atoms with Crippen LogP contribution in [0.25, 0.3) is 28.2 Å². The van der Waals surface area contributed by atoms with E-state index < -0.39 is 0 Å². The molecule has 0 saturated carbocycles. The molecule has 0 spiro atoms. The van der Waals surface area contributed by atoms with E-state index in [1.165, 1.54) is 16.7 Å². The Kier molecular flexibility index (Phi) is 5.76. The highest BCUT2D eigenvalue weighted by Crippen LogP contribution is 2.32. The summed E-state index contributed by atoms with van der Waals surface area (Å²) in [6.07, 6.45) is 18.0. The SMILES string of the molecule is C=C1CC=CC=CC1c1ccc(-c2nc(C3=CC=CCC3)cc(-c3ccccc3)n2)cc1. The average molecular weight is 415 g/mol. The predicted molar refractivity (Wildman–Crippen MR) is 134 cm³/mol. The summed E-state index contributed by atoms with van der Waals surface area (Å²) in [4.78, 5) is 9.91. The van der Waals surface area contributed by atoms with E-state index in [1.807, 2.05) is 6.07 Å². The first kappa shape index (κ1) is 20.1. The van der Waals surface area contributed by atoms with Crippen molar-refractivity contribution < 1.29 is 0 Å². The topological polar surface area (TPSA) is 25.8 Å². The molecule has 2 nitrogen and oxygen atoms in total. The molecule has 2 heteroatoms. The highest BCUT2D eigenvalue weighted by Gasteiger charge is 2.15. The van der Waals surface area contributed by atoms with Crippen molar-refractivity contribution in [3.05, 3.63) is 127 Å². The molecule has 2 aliphatic carbocycles. The standard InChI is InChI=1S/C30H26N2/c1-22-11-5-2-10-16-27(22)23-17-19-26(20-18-23)30-31-28(24-12-6-3-7-13-24)21-29(32-30)25-14-8-4-9-15-25/h2-8,10,12-14,16-21,27H,1,9,11,15H2. The molecule has 0 fully saturated rings. The van der Waals surface area contributed by atoms with Gasteiger partial charge in [0, 0.05) is 17.0 Å². The quantitative estimate of drug-likeness (QED) is 0.409. The molecule has 156 valence electrons. The van der Waals surface area contributed by atoms with E-state index in [-0.39, 0.29) is 5.92 Å². The van der Waals surface area contributed by atoms with Gasteiger partial charge in [-0.05, 0) is 36.5 Å². The van der Waals surface area contributed by atoms with Gasteiger partial charge in [0.15, 0.2) is 5.82 Å². The number of nitrogens with zero attached hydrogens (tertiary/aromatic N) is 2. The molecule has 2 aliphatic rings. The van der Waals surface area contributed by atoms with Crippen molar-refractivity contribution in [1.29, 1.82) is 0 Å². The van der Waals surface area contributed by atoms with Crippen molar-refractivity contribution in [2.75, 3.05) is 0 Å². The summed E-state index contributed by atoms with van der Waals surface area (Å²) < 4.78 is 0. The fourth-order valence-corrected chi connectivity index (χ4v) is 4.24. The van der Waals surface area contributed by atoms with Crippen LogP contribution in [0.4, 0.5) is 0 Å². The smallest absolute Gasteiger partial charge is 0.160 e. The lowest BCUT2D eigenvalue weighted by Gasteiger charge is -2.16. The van der Waals surface area contributed by atoms with E-state index >= 15 is 0 Å². The highest BCUT2D eigenvalue weighted by molar-refractivity contribution is 5.73. The second kappa shape index (κ2) is 9.15. The number of rotatable bonds is 4. The maximum Gasteiger partial charge on any atom is 0.160 e. The first-order chi connectivity index (χ1) is 15.8. The summed E-state index contributed by atoms with van der Waals surface area (Å²) in [7, 11) is 0. The lowest BCUT2D eigenvalue weighted by atomic mass is 9.90. The number of benzene rings is 2. The van der Waals surface area contributed by atoms with Crippen LogP contribution in [0.2, 0.25) is 0 Å². The minimum atomic E-state index is 0.241. The lowest BCUT2D eigenvalue weighted by Crippen LogP contribution is -2.00. The van der Waals surface area contributed by atoms with Crippen LogP contribution in [-0.4, -0.2) is 9.97 Å². The monoisotopic (exact) mass is 414 g/mol. The molecule has 1 atom stereocenters. The Bertz CT molecular complexity index is 1240. The minimum Gasteiger partial charge on any atom is -0.228 e. The van der Waals surface area contributed by atoms with Gasteiger partial charge in [-0.15, -0.1) is 0 Å². The third-order valence-corrected chi connectivity index (χ3v) is 6.04. The molecule has 5 rings (SSSR count). The molecule has 0 radical (unpaired) electrons.